The van der Waals surface area contributed by atoms with Gasteiger partial charge in [-0.25, -0.2) is 0 Å². The van der Waals surface area contributed by atoms with Crippen LogP contribution in [0.2, 0.25) is 0 Å². The lowest BCUT2D eigenvalue weighted by Crippen LogP contribution is -2.19. The Morgan fingerprint density at radius 1 is 1.07 bits per heavy atom. The lowest BCUT2D eigenvalue weighted by Gasteiger charge is -2.28. The second-order valence-electron chi connectivity index (χ2n) is 4.76. The number of fused-ring (bicyclic) bond motifs is 1. The molecule has 0 N–H and O–H groups in total. The lowest BCUT2D eigenvalue weighted by molar-refractivity contribution is 0.523. The van der Waals surface area contributed by atoms with Crippen LogP contribution in [0.4, 0.5) is 0 Å². The van der Waals surface area contributed by atoms with Crippen LogP contribution in [-0.4, -0.2) is 0 Å². The van der Waals surface area contributed by atoms with E-state index >= 15 is 0 Å². The molecule has 0 atom stereocenters. The van der Waals surface area contributed by atoms with Gasteiger partial charge in [0.05, 0.1) is 0 Å². The minimum absolute atomic E-state index is 0.299. The van der Waals surface area contributed by atoms with Crippen LogP contribution in [0.3, 0.4) is 0 Å². The summed E-state index contributed by atoms with van der Waals surface area (Å²) in [6.45, 7) is 4.67. The average molecular weight is 186 g/mol. The predicted molar refractivity (Wildman–Crippen MR) is 61.5 cm³/mol. The average Bonchev–Trinajstić information content (AvgIpc) is 2.15. The van der Waals surface area contributed by atoms with E-state index in [1.165, 1.54) is 24.0 Å². The molecule has 2 rings (SSSR count). The summed E-state index contributed by atoms with van der Waals surface area (Å²) < 4.78 is 0. The zero-order chi connectivity index (χ0) is 10.0. The van der Waals surface area contributed by atoms with Crippen LogP contribution in [0.5, 0.6) is 0 Å². The van der Waals surface area contributed by atoms with Crippen molar-refractivity contribution in [1.82, 2.24) is 0 Å². The van der Waals surface area contributed by atoms with E-state index in [-0.39, 0.29) is 0 Å². The van der Waals surface area contributed by atoms with Crippen LogP contribution in [0, 0.1) is 0 Å². The monoisotopic (exact) mass is 186 g/mol. The van der Waals surface area contributed by atoms with Crippen LogP contribution in [0.25, 0.3) is 0 Å². The minimum Gasteiger partial charge on any atom is -0.0882 e. The van der Waals surface area contributed by atoms with Crippen molar-refractivity contribution < 1.29 is 0 Å². The zero-order valence-corrected chi connectivity index (χ0v) is 9.09. The minimum atomic E-state index is 0.299. The molecule has 0 spiro atoms. The first-order chi connectivity index (χ1) is 6.70. The van der Waals surface area contributed by atoms with Crippen LogP contribution >= 0.6 is 0 Å². The summed E-state index contributed by atoms with van der Waals surface area (Å²) in [5, 5.41) is 0. The van der Waals surface area contributed by atoms with Crippen molar-refractivity contribution >= 4 is 0 Å². The molecule has 0 unspecified atom stereocenters. The quantitative estimate of drug-likeness (QED) is 0.540. The number of aryl methyl sites for hydroxylation is 1. The van der Waals surface area contributed by atoms with Gasteiger partial charge in [0, 0.05) is 0 Å². The normalized spacial score (nSPS) is 21.9. The highest BCUT2D eigenvalue weighted by Gasteiger charge is 2.22. The maximum Gasteiger partial charge on any atom is -0.00664 e. The molecular formula is C14H18. The van der Waals surface area contributed by atoms with Gasteiger partial charge in [-0.15, -0.1) is 0 Å². The van der Waals surface area contributed by atoms with Gasteiger partial charge in [-0.05, 0) is 35.8 Å². The fourth-order valence-electron chi connectivity index (χ4n) is 2.24. The molecule has 1 aliphatic carbocycles. The van der Waals surface area contributed by atoms with E-state index in [0.717, 1.165) is 6.42 Å². The third kappa shape index (κ3) is 1.75. The molecule has 0 aliphatic heterocycles. The zero-order valence-electron chi connectivity index (χ0n) is 9.09. The van der Waals surface area contributed by atoms with Gasteiger partial charge in [0.1, 0.15) is 0 Å². The van der Waals surface area contributed by atoms with Crippen LogP contribution in [0.1, 0.15) is 37.8 Å². The smallest absolute Gasteiger partial charge is 0.00664 e. The van der Waals surface area contributed by atoms with Gasteiger partial charge in [-0.1, -0.05) is 50.3 Å². The molecule has 0 saturated heterocycles. The van der Waals surface area contributed by atoms with Gasteiger partial charge in [0.2, 0.25) is 0 Å². The molecule has 0 saturated carbocycles. The van der Waals surface area contributed by atoms with Gasteiger partial charge >= 0.3 is 0 Å². The molecular weight excluding hydrogens is 168 g/mol. The van der Waals surface area contributed by atoms with Crippen LogP contribution in [-0.2, 0) is 11.8 Å². The van der Waals surface area contributed by atoms with Gasteiger partial charge in [0.25, 0.3) is 0 Å². The largest absolute Gasteiger partial charge is 0.0882 e. The van der Waals surface area contributed by atoms with E-state index in [2.05, 4.69) is 50.3 Å². The molecule has 0 bridgehead atoms. The standard InChI is InChI=1S/C14H18/c1-14(2)11-7-3-4-8-12-9-5-6-10-13(12)14/h3,5-7,9-10H,4,8,11H2,1-2H3/b7-3-. The summed E-state index contributed by atoms with van der Waals surface area (Å²) in [6, 6.07) is 8.87. The summed E-state index contributed by atoms with van der Waals surface area (Å²) in [7, 11) is 0. The number of hydrogen-bond donors (Lipinski definition) is 0. The fraction of sp³-hybridized carbons (Fsp3) is 0.429. The molecule has 1 aliphatic rings. The van der Waals surface area contributed by atoms with Crippen molar-refractivity contribution in [2.75, 3.05) is 0 Å². The van der Waals surface area contributed by atoms with Gasteiger partial charge in [0.15, 0.2) is 0 Å². The van der Waals surface area contributed by atoms with E-state index < -0.39 is 0 Å². The van der Waals surface area contributed by atoms with Crippen LogP contribution in [0.15, 0.2) is 36.4 Å². The van der Waals surface area contributed by atoms with Crippen molar-refractivity contribution in [1.29, 1.82) is 0 Å². The van der Waals surface area contributed by atoms with Crippen molar-refractivity contribution in [3.8, 4) is 0 Å². The lowest BCUT2D eigenvalue weighted by atomic mass is 9.77. The number of allylic oxidation sites excluding steroid dienone is 2. The third-order valence-corrected chi connectivity index (χ3v) is 3.12. The summed E-state index contributed by atoms with van der Waals surface area (Å²) in [4.78, 5) is 0. The predicted octanol–water partition coefficient (Wildman–Crippen LogP) is 3.86. The van der Waals surface area contributed by atoms with E-state index in [1.54, 1.807) is 0 Å². The highest BCUT2D eigenvalue weighted by Crippen LogP contribution is 2.32. The molecule has 1 aromatic carbocycles. The molecule has 0 radical (unpaired) electrons. The number of rotatable bonds is 0. The third-order valence-electron chi connectivity index (χ3n) is 3.12. The number of hydrogen-bond acceptors (Lipinski definition) is 0. The first-order valence-electron chi connectivity index (χ1n) is 5.43. The van der Waals surface area contributed by atoms with E-state index in [0.29, 0.717) is 5.41 Å². The molecule has 0 heterocycles. The molecule has 0 fully saturated rings. The number of benzene rings is 1. The molecule has 74 valence electrons. The molecule has 0 nitrogen and oxygen atoms in total. The van der Waals surface area contributed by atoms with Crippen molar-refractivity contribution in [3.63, 3.8) is 0 Å². The second-order valence-corrected chi connectivity index (χ2v) is 4.76. The highest BCUT2D eigenvalue weighted by molar-refractivity contribution is 5.35. The first-order valence-corrected chi connectivity index (χ1v) is 5.43. The first kappa shape index (κ1) is 9.51. The van der Waals surface area contributed by atoms with Crippen molar-refractivity contribution in [2.45, 2.75) is 38.5 Å². The van der Waals surface area contributed by atoms with Crippen LogP contribution < -0.4 is 0 Å². The van der Waals surface area contributed by atoms with Gasteiger partial charge < -0.3 is 0 Å². The molecule has 14 heavy (non-hydrogen) atoms. The Balaban J connectivity index is 2.47. The fourth-order valence-corrected chi connectivity index (χ4v) is 2.24. The highest BCUT2D eigenvalue weighted by atomic mass is 14.3. The summed E-state index contributed by atoms with van der Waals surface area (Å²) >= 11 is 0. The Kier molecular flexibility index (Phi) is 2.45. The molecule has 0 amide bonds. The van der Waals surface area contributed by atoms with E-state index in [9.17, 15) is 0 Å². The summed E-state index contributed by atoms with van der Waals surface area (Å²) in [6.07, 6.45) is 8.18. The Morgan fingerprint density at radius 3 is 2.71 bits per heavy atom. The Labute approximate surface area is 86.7 Å². The maximum absolute atomic E-state index is 2.33. The molecule has 0 heteroatoms. The van der Waals surface area contributed by atoms with Crippen molar-refractivity contribution in [2.24, 2.45) is 0 Å². The van der Waals surface area contributed by atoms with Gasteiger partial charge in [-0.3, -0.25) is 0 Å². The Hall–Kier alpha value is -1.04. The molecule has 0 aromatic heterocycles. The maximum atomic E-state index is 2.33. The Morgan fingerprint density at radius 2 is 1.86 bits per heavy atom. The summed E-state index contributed by atoms with van der Waals surface area (Å²) in [5.74, 6) is 0. The SMILES string of the molecule is CC1(C)C/C=C\CCc2ccccc21. The van der Waals surface area contributed by atoms with E-state index in [4.69, 9.17) is 0 Å². The van der Waals surface area contributed by atoms with Crippen molar-refractivity contribution in [3.05, 3.63) is 47.5 Å². The molecule has 1 aromatic rings. The topological polar surface area (TPSA) is 0 Å². The van der Waals surface area contributed by atoms with E-state index in [1.807, 2.05) is 0 Å². The Bertz CT molecular complexity index is 345. The summed E-state index contributed by atoms with van der Waals surface area (Å²) in [5.41, 5.74) is 3.36. The second kappa shape index (κ2) is 3.61. The van der Waals surface area contributed by atoms with Gasteiger partial charge in [-0.2, -0.15) is 0 Å².